The summed E-state index contributed by atoms with van der Waals surface area (Å²) in [6.45, 7) is 5.31. The van der Waals surface area contributed by atoms with Crippen molar-refractivity contribution in [1.82, 2.24) is 4.98 Å². The van der Waals surface area contributed by atoms with Crippen LogP contribution in [0, 0.1) is 0 Å². The topological polar surface area (TPSA) is 77.5 Å². The van der Waals surface area contributed by atoms with Gasteiger partial charge in [-0.3, -0.25) is 5.32 Å². The van der Waals surface area contributed by atoms with Crippen LogP contribution in [-0.4, -0.2) is 48.5 Å². The van der Waals surface area contributed by atoms with E-state index >= 15 is 0 Å². The number of rotatable bonds is 4. The first kappa shape index (κ1) is 21.2. The molecule has 1 amide bonds. The zero-order chi connectivity index (χ0) is 20.4. The maximum Gasteiger partial charge on any atom is 0.412 e. The molecule has 27 heavy (non-hydrogen) atoms. The van der Waals surface area contributed by atoms with Crippen LogP contribution in [0.25, 0.3) is 10.6 Å². The number of esters is 1. The van der Waals surface area contributed by atoms with Gasteiger partial charge < -0.3 is 9.47 Å². The van der Waals surface area contributed by atoms with Crippen molar-refractivity contribution in [1.29, 1.82) is 0 Å². The highest BCUT2D eigenvalue weighted by Crippen LogP contribution is 2.46. The summed E-state index contributed by atoms with van der Waals surface area (Å²) in [7, 11) is 0.378. The van der Waals surface area contributed by atoms with Gasteiger partial charge in [0.2, 0.25) is 0 Å². The molecule has 0 aliphatic heterocycles. The lowest BCUT2D eigenvalue weighted by molar-refractivity contribution is 0.0596. The lowest BCUT2D eigenvalue weighted by atomic mass is 10.2. The van der Waals surface area contributed by atoms with E-state index in [4.69, 9.17) is 9.47 Å². The minimum Gasteiger partial charge on any atom is -0.464 e. The van der Waals surface area contributed by atoms with Gasteiger partial charge in [0, 0.05) is 5.56 Å². The number of carbonyl (C=O) groups is 2. The van der Waals surface area contributed by atoms with Crippen molar-refractivity contribution in [3.8, 4) is 10.6 Å². The summed E-state index contributed by atoms with van der Waals surface area (Å²) >= 11 is 1.22. The smallest absolute Gasteiger partial charge is 0.412 e. The van der Waals surface area contributed by atoms with Crippen molar-refractivity contribution < 1.29 is 19.1 Å². The van der Waals surface area contributed by atoms with Gasteiger partial charge in [0.15, 0.2) is 5.69 Å². The molecule has 2 aromatic rings. The number of nitrogens with one attached hydrogen (secondary N) is 1. The number of carbonyl (C=O) groups excluding carboxylic acids is 2. The van der Waals surface area contributed by atoms with E-state index in [-0.39, 0.29) is 5.69 Å². The van der Waals surface area contributed by atoms with Gasteiger partial charge in [0.05, 0.1) is 7.11 Å². The number of hydrogen-bond donors (Lipinski definition) is 1. The van der Waals surface area contributed by atoms with E-state index in [0.29, 0.717) is 10.0 Å². The Kier molecular flexibility index (Phi) is 6.21. The number of ether oxygens (including phenoxy) is 2. The Bertz CT molecular complexity index is 848. The van der Waals surface area contributed by atoms with Crippen molar-refractivity contribution in [2.45, 2.75) is 31.3 Å². The van der Waals surface area contributed by atoms with Crippen LogP contribution in [0.15, 0.2) is 29.2 Å². The van der Waals surface area contributed by atoms with Crippen molar-refractivity contribution in [3.05, 3.63) is 30.0 Å². The van der Waals surface area contributed by atoms with Crippen LogP contribution in [0.3, 0.4) is 0 Å². The fraction of sp³-hybridized carbons (Fsp3) is 0.421. The first-order chi connectivity index (χ1) is 12.4. The molecule has 1 aromatic heterocycles. The predicted octanol–water partition coefficient (Wildman–Crippen LogP) is 5.00. The number of thiazole rings is 1. The molecule has 148 valence electrons. The average molecular weight is 411 g/mol. The minimum atomic E-state index is -0.901. The maximum absolute atomic E-state index is 12.1. The van der Waals surface area contributed by atoms with Crippen molar-refractivity contribution in [2.24, 2.45) is 0 Å². The molecule has 2 rings (SSSR count). The predicted molar refractivity (Wildman–Crippen MR) is 112 cm³/mol. The van der Waals surface area contributed by atoms with E-state index in [1.807, 2.05) is 12.1 Å². The second kappa shape index (κ2) is 7.90. The van der Waals surface area contributed by atoms with Crippen LogP contribution in [0.2, 0.25) is 0 Å². The van der Waals surface area contributed by atoms with Crippen LogP contribution in [0.1, 0.15) is 31.3 Å². The largest absolute Gasteiger partial charge is 0.464 e. The van der Waals surface area contributed by atoms with E-state index in [0.717, 1.165) is 5.56 Å². The number of aromatic nitrogens is 1. The zero-order valence-corrected chi connectivity index (χ0v) is 18.3. The van der Waals surface area contributed by atoms with E-state index in [9.17, 15) is 9.59 Å². The SMILES string of the molecule is COC(=O)c1nc(-c2cccc(S(C)(C)C)c2)sc1NC(=O)OC(C)(C)C. The number of nitrogens with zero attached hydrogens (tertiary/aromatic N) is 1. The van der Waals surface area contributed by atoms with Crippen LogP contribution >= 0.6 is 21.4 Å². The zero-order valence-electron chi connectivity index (χ0n) is 16.7. The fourth-order valence-corrected chi connectivity index (χ4v) is 4.07. The van der Waals surface area contributed by atoms with Crippen molar-refractivity contribution >= 4 is 38.4 Å². The van der Waals surface area contributed by atoms with Gasteiger partial charge in [-0.05, 0) is 50.5 Å². The maximum atomic E-state index is 12.1. The Morgan fingerprint density at radius 2 is 1.85 bits per heavy atom. The first-order valence-electron chi connectivity index (χ1n) is 8.28. The Labute approximate surface area is 165 Å². The Morgan fingerprint density at radius 3 is 2.41 bits per heavy atom. The van der Waals surface area contributed by atoms with E-state index in [1.165, 1.54) is 23.3 Å². The molecule has 0 aliphatic carbocycles. The molecule has 0 fully saturated rings. The fourth-order valence-electron chi connectivity index (χ4n) is 2.17. The summed E-state index contributed by atoms with van der Waals surface area (Å²) in [5.41, 5.74) is 0.312. The molecule has 0 unspecified atom stereocenters. The lowest BCUT2D eigenvalue weighted by Gasteiger charge is -2.26. The molecular formula is C19H26N2O4S2. The molecular weight excluding hydrogens is 384 g/mol. The molecule has 0 saturated heterocycles. The lowest BCUT2D eigenvalue weighted by Crippen LogP contribution is -2.27. The second-order valence-electron chi connectivity index (χ2n) is 7.68. The molecule has 0 spiro atoms. The number of benzene rings is 1. The van der Waals surface area contributed by atoms with Gasteiger partial charge in [-0.1, -0.05) is 29.5 Å². The molecule has 1 aromatic carbocycles. The van der Waals surface area contributed by atoms with Crippen LogP contribution in [-0.2, 0) is 9.47 Å². The van der Waals surface area contributed by atoms with Crippen LogP contribution in [0.5, 0.6) is 0 Å². The van der Waals surface area contributed by atoms with Crippen LogP contribution in [0.4, 0.5) is 9.80 Å². The van der Waals surface area contributed by atoms with Crippen molar-refractivity contribution in [2.75, 3.05) is 31.2 Å². The van der Waals surface area contributed by atoms with E-state index in [2.05, 4.69) is 41.2 Å². The summed E-state index contributed by atoms with van der Waals surface area (Å²) in [4.78, 5) is 29.9. The summed E-state index contributed by atoms with van der Waals surface area (Å²) in [6.07, 6.45) is 5.99. The third-order valence-corrected chi connectivity index (χ3v) is 6.10. The summed E-state index contributed by atoms with van der Waals surface area (Å²) in [5.74, 6) is -0.610. The number of anilines is 1. The van der Waals surface area contributed by atoms with Crippen molar-refractivity contribution in [3.63, 3.8) is 0 Å². The molecule has 8 heteroatoms. The van der Waals surface area contributed by atoms with Gasteiger partial charge in [0.1, 0.15) is 15.6 Å². The third-order valence-electron chi connectivity index (χ3n) is 3.41. The first-order valence-corrected chi connectivity index (χ1v) is 12.0. The summed E-state index contributed by atoms with van der Waals surface area (Å²) < 4.78 is 10.1. The summed E-state index contributed by atoms with van der Waals surface area (Å²) in [6, 6.07) is 8.08. The quantitative estimate of drug-likeness (QED) is 0.718. The van der Waals surface area contributed by atoms with Gasteiger partial charge in [-0.2, -0.15) is 0 Å². The number of hydrogen-bond acceptors (Lipinski definition) is 6. The standard InChI is InChI=1S/C19H26N2O4S2/c1-19(2,3)25-18(23)21-16-14(17(22)24-4)20-15(26-16)12-9-8-10-13(11-12)27(5,6)7/h8-11H,1-7H3,(H,21,23). The van der Waals surface area contributed by atoms with E-state index in [1.54, 1.807) is 20.8 Å². The highest BCUT2D eigenvalue weighted by Gasteiger charge is 2.24. The Balaban J connectivity index is 2.41. The number of methoxy groups -OCH3 is 1. The van der Waals surface area contributed by atoms with Gasteiger partial charge in [-0.25, -0.2) is 24.6 Å². The highest BCUT2D eigenvalue weighted by molar-refractivity contribution is 8.32. The molecule has 0 saturated carbocycles. The monoisotopic (exact) mass is 410 g/mol. The molecule has 0 bridgehead atoms. The molecule has 1 N–H and O–H groups in total. The molecule has 6 nitrogen and oxygen atoms in total. The van der Waals surface area contributed by atoms with Gasteiger partial charge in [0.25, 0.3) is 0 Å². The molecule has 0 aliphatic rings. The Hall–Kier alpha value is -2.06. The average Bonchev–Trinajstić information content (AvgIpc) is 2.95. The van der Waals surface area contributed by atoms with Gasteiger partial charge >= 0.3 is 12.1 Å². The van der Waals surface area contributed by atoms with Gasteiger partial charge in [-0.15, -0.1) is 0 Å². The third kappa shape index (κ3) is 5.71. The molecule has 0 atom stereocenters. The second-order valence-corrected chi connectivity index (χ2v) is 12.8. The summed E-state index contributed by atoms with van der Waals surface area (Å²) in [5, 5.41) is 3.55. The highest BCUT2D eigenvalue weighted by atomic mass is 32.3. The Morgan fingerprint density at radius 1 is 1.19 bits per heavy atom. The number of amides is 1. The molecule has 0 radical (unpaired) electrons. The normalized spacial score (nSPS) is 12.4. The molecule has 1 heterocycles. The van der Waals surface area contributed by atoms with E-state index < -0.39 is 27.7 Å². The minimum absolute atomic E-state index is 0.0665. The van der Waals surface area contributed by atoms with Crippen LogP contribution < -0.4 is 5.32 Å².